The van der Waals surface area contributed by atoms with Crippen molar-refractivity contribution in [2.75, 3.05) is 47.5 Å². The maximum Gasteiger partial charge on any atom is 0.472 e. The minimum Gasteiger partial charge on any atom is -0.462 e. The van der Waals surface area contributed by atoms with Gasteiger partial charge in [0.15, 0.2) is 6.10 Å². The maximum absolute atomic E-state index is 12.8. The second-order valence-corrected chi connectivity index (χ2v) is 22.1. The average Bonchev–Trinajstić information content (AvgIpc) is 3.26. The van der Waals surface area contributed by atoms with Crippen LogP contribution in [0.25, 0.3) is 0 Å². The number of esters is 2. The van der Waals surface area contributed by atoms with Gasteiger partial charge in [-0.3, -0.25) is 18.6 Å². The molecule has 0 heterocycles. The van der Waals surface area contributed by atoms with Crippen LogP contribution < -0.4 is 0 Å². The van der Waals surface area contributed by atoms with E-state index in [0.29, 0.717) is 17.4 Å². The first kappa shape index (κ1) is 64.0. The zero-order valence-electron chi connectivity index (χ0n) is 44.0. The molecular formula is C55H111NO8P+. The quantitative estimate of drug-likeness (QED) is 0.0278. The van der Waals surface area contributed by atoms with E-state index in [1.807, 2.05) is 21.1 Å². The number of quaternary nitrogens is 1. The fraction of sp³-hybridized carbons (Fsp3) is 0.964. The molecular weight excluding hydrogens is 834 g/mol. The van der Waals surface area contributed by atoms with Crippen LogP contribution in [0, 0.1) is 0 Å². The largest absolute Gasteiger partial charge is 0.472 e. The van der Waals surface area contributed by atoms with E-state index in [9.17, 15) is 19.0 Å². The lowest BCUT2D eigenvalue weighted by Gasteiger charge is -2.24. The fourth-order valence-electron chi connectivity index (χ4n) is 8.49. The van der Waals surface area contributed by atoms with Crippen molar-refractivity contribution in [3.8, 4) is 0 Å². The minimum atomic E-state index is -4.37. The molecule has 0 rings (SSSR count). The Hall–Kier alpha value is -0.990. The molecule has 0 aliphatic carbocycles. The molecule has 1 N–H and O–H groups in total. The van der Waals surface area contributed by atoms with E-state index in [1.54, 1.807) is 0 Å². The lowest BCUT2D eigenvalue weighted by molar-refractivity contribution is -0.870. The van der Waals surface area contributed by atoms with Gasteiger partial charge in [-0.05, 0) is 12.8 Å². The zero-order valence-corrected chi connectivity index (χ0v) is 44.9. The molecule has 2 atom stereocenters. The van der Waals surface area contributed by atoms with Crippen molar-refractivity contribution in [3.05, 3.63) is 0 Å². The topological polar surface area (TPSA) is 108 Å². The molecule has 65 heavy (non-hydrogen) atoms. The van der Waals surface area contributed by atoms with E-state index in [-0.39, 0.29) is 25.6 Å². The highest BCUT2D eigenvalue weighted by Gasteiger charge is 2.27. The van der Waals surface area contributed by atoms with Crippen molar-refractivity contribution in [1.82, 2.24) is 0 Å². The van der Waals surface area contributed by atoms with Gasteiger partial charge >= 0.3 is 19.8 Å². The third-order valence-corrected chi connectivity index (χ3v) is 13.9. The van der Waals surface area contributed by atoms with E-state index in [2.05, 4.69) is 13.8 Å². The van der Waals surface area contributed by atoms with Gasteiger partial charge in [-0.15, -0.1) is 0 Å². The first-order valence-corrected chi connectivity index (χ1v) is 29.8. The third kappa shape index (κ3) is 52.2. The molecule has 2 unspecified atom stereocenters. The predicted molar refractivity (Wildman–Crippen MR) is 275 cm³/mol. The summed E-state index contributed by atoms with van der Waals surface area (Å²) in [5.74, 6) is -0.779. The Morgan fingerprint density at radius 2 is 0.692 bits per heavy atom. The Labute approximate surface area is 404 Å². The standard InChI is InChI=1S/C55H110NO8P/c1-6-8-10-12-14-16-18-19-20-21-22-23-24-25-26-27-28-29-30-31-32-33-34-35-36-38-40-42-44-46-48-55(58)64-53(52-63-65(59,60)62-50-49-56(3,4)5)51-61-54(57)47-45-43-41-39-37-17-15-13-11-9-7-2/h53H,6-52H2,1-5H3/p+1. The molecule has 0 saturated carbocycles. The molecule has 0 radical (unpaired) electrons. The van der Waals surface area contributed by atoms with Crippen LogP contribution >= 0.6 is 7.82 Å². The van der Waals surface area contributed by atoms with Gasteiger partial charge in [0.25, 0.3) is 0 Å². The minimum absolute atomic E-state index is 0.0371. The number of nitrogens with zero attached hydrogens (tertiary/aromatic N) is 1. The summed E-state index contributed by atoms with van der Waals surface area (Å²) in [6.45, 7) is 4.48. The lowest BCUT2D eigenvalue weighted by atomic mass is 10.0. The van der Waals surface area contributed by atoms with Crippen molar-refractivity contribution < 1.29 is 42.1 Å². The Morgan fingerprint density at radius 3 is 0.985 bits per heavy atom. The van der Waals surface area contributed by atoms with Gasteiger partial charge in [0.2, 0.25) is 0 Å². The summed E-state index contributed by atoms with van der Waals surface area (Å²) in [6, 6.07) is 0. The summed E-state index contributed by atoms with van der Waals surface area (Å²) in [6.07, 6.45) is 53.3. The highest BCUT2D eigenvalue weighted by Crippen LogP contribution is 2.43. The normalized spacial score (nSPS) is 13.3. The van der Waals surface area contributed by atoms with Gasteiger partial charge in [0, 0.05) is 12.8 Å². The second-order valence-electron chi connectivity index (χ2n) is 20.7. The molecule has 0 amide bonds. The number of carbonyl (C=O) groups is 2. The summed E-state index contributed by atoms with van der Waals surface area (Å²) in [5.41, 5.74) is 0. The van der Waals surface area contributed by atoms with E-state index in [4.69, 9.17) is 18.5 Å². The third-order valence-electron chi connectivity index (χ3n) is 12.9. The second kappa shape index (κ2) is 48.1. The zero-order chi connectivity index (χ0) is 47.8. The lowest BCUT2D eigenvalue weighted by Crippen LogP contribution is -2.37. The summed E-state index contributed by atoms with van der Waals surface area (Å²) >= 11 is 0. The number of rotatable bonds is 53. The highest BCUT2D eigenvalue weighted by atomic mass is 31.2. The monoisotopic (exact) mass is 945 g/mol. The van der Waals surface area contributed by atoms with Crippen LogP contribution in [-0.2, 0) is 32.7 Å². The summed E-state index contributed by atoms with van der Waals surface area (Å²) < 4.78 is 34.5. The predicted octanol–water partition coefficient (Wildman–Crippen LogP) is 17.1. The number of unbranched alkanes of at least 4 members (excludes halogenated alkanes) is 39. The van der Waals surface area contributed by atoms with Crippen LogP contribution in [0.3, 0.4) is 0 Å². The van der Waals surface area contributed by atoms with Crippen LogP contribution in [0.4, 0.5) is 0 Å². The first-order valence-electron chi connectivity index (χ1n) is 28.3. The van der Waals surface area contributed by atoms with Gasteiger partial charge < -0.3 is 18.9 Å². The molecule has 388 valence electrons. The molecule has 0 aliphatic rings. The smallest absolute Gasteiger partial charge is 0.462 e. The fourth-order valence-corrected chi connectivity index (χ4v) is 9.23. The number of hydrogen-bond acceptors (Lipinski definition) is 7. The van der Waals surface area contributed by atoms with E-state index in [0.717, 1.165) is 38.5 Å². The van der Waals surface area contributed by atoms with E-state index in [1.165, 1.54) is 225 Å². The van der Waals surface area contributed by atoms with Crippen molar-refractivity contribution in [3.63, 3.8) is 0 Å². The molecule has 0 spiro atoms. The molecule has 10 heteroatoms. The Morgan fingerprint density at radius 1 is 0.415 bits per heavy atom. The number of ether oxygens (including phenoxy) is 2. The number of carbonyl (C=O) groups excluding carboxylic acids is 2. The average molecular weight is 945 g/mol. The van der Waals surface area contributed by atoms with E-state index >= 15 is 0 Å². The van der Waals surface area contributed by atoms with Gasteiger partial charge in [0.1, 0.15) is 19.8 Å². The highest BCUT2D eigenvalue weighted by molar-refractivity contribution is 7.47. The number of likely N-dealkylation sites (N-methyl/N-ethyl adjacent to an activating group) is 1. The van der Waals surface area contributed by atoms with Gasteiger partial charge in [-0.25, -0.2) is 4.57 Å². The summed E-state index contributed by atoms with van der Waals surface area (Å²) in [7, 11) is 1.50. The Balaban J connectivity index is 3.96. The molecule has 0 aromatic heterocycles. The molecule has 0 aliphatic heterocycles. The molecule has 0 aromatic rings. The van der Waals surface area contributed by atoms with Crippen LogP contribution in [-0.4, -0.2) is 74.9 Å². The number of phosphoric ester groups is 1. The molecule has 0 bridgehead atoms. The van der Waals surface area contributed by atoms with Crippen LogP contribution in [0.5, 0.6) is 0 Å². The van der Waals surface area contributed by atoms with Crippen molar-refractivity contribution >= 4 is 19.8 Å². The van der Waals surface area contributed by atoms with Crippen molar-refractivity contribution in [2.45, 2.75) is 296 Å². The van der Waals surface area contributed by atoms with E-state index < -0.39 is 26.5 Å². The summed E-state index contributed by atoms with van der Waals surface area (Å²) in [5, 5.41) is 0. The number of hydrogen-bond donors (Lipinski definition) is 1. The van der Waals surface area contributed by atoms with Crippen LogP contribution in [0.15, 0.2) is 0 Å². The van der Waals surface area contributed by atoms with Crippen LogP contribution in [0.2, 0.25) is 0 Å². The molecule has 0 fully saturated rings. The van der Waals surface area contributed by atoms with Gasteiger partial charge in [0.05, 0.1) is 27.7 Å². The Bertz CT molecular complexity index is 1070. The molecule has 0 saturated heterocycles. The van der Waals surface area contributed by atoms with Crippen molar-refractivity contribution in [1.29, 1.82) is 0 Å². The molecule has 9 nitrogen and oxygen atoms in total. The van der Waals surface area contributed by atoms with Gasteiger partial charge in [-0.1, -0.05) is 264 Å². The van der Waals surface area contributed by atoms with Crippen LogP contribution in [0.1, 0.15) is 290 Å². The SMILES string of the molecule is CCCCCCCCCCCCCCCCCCCCCCCCCCCCCCCCC(=O)OC(COC(=O)CCCCCCCCCCCCC)COP(=O)(O)OCC[N+](C)(C)C. The molecule has 0 aromatic carbocycles. The number of phosphoric acid groups is 1. The van der Waals surface area contributed by atoms with Crippen molar-refractivity contribution in [2.24, 2.45) is 0 Å². The first-order chi connectivity index (χ1) is 31.5. The summed E-state index contributed by atoms with van der Waals surface area (Å²) in [4.78, 5) is 35.5. The Kier molecular flexibility index (Phi) is 47.3. The van der Waals surface area contributed by atoms with Gasteiger partial charge in [-0.2, -0.15) is 0 Å². The maximum atomic E-state index is 12.8.